The highest BCUT2D eigenvalue weighted by molar-refractivity contribution is 6.07. The third kappa shape index (κ3) is 5.63. The minimum Gasteiger partial charge on any atom is -0.371 e. The van der Waals surface area contributed by atoms with Crippen LogP contribution in [0.3, 0.4) is 0 Å². The number of hydrogen-bond donors (Lipinski definition) is 3. The molecule has 32 heavy (non-hydrogen) atoms. The van der Waals surface area contributed by atoms with E-state index in [-0.39, 0.29) is 11.9 Å². The standard InChI is InChI=1S/C25H27N5O2/c31-24(20-6-2-1-3-7-20)28-22-8-4-5-9-23(22)29-25(32)27-18-19-12-16-30(17-13-19)21-10-14-26-15-11-21/h1-11,14-15,19H,12-13,16-18H2,(H,28,31)(H2,27,29,32). The Balaban J connectivity index is 1.26. The smallest absolute Gasteiger partial charge is 0.319 e. The van der Waals surface area contributed by atoms with E-state index >= 15 is 0 Å². The van der Waals surface area contributed by atoms with Crippen LogP contribution in [0.25, 0.3) is 0 Å². The van der Waals surface area contributed by atoms with Crippen LogP contribution >= 0.6 is 0 Å². The number of rotatable bonds is 6. The van der Waals surface area contributed by atoms with Crippen LogP contribution in [0.5, 0.6) is 0 Å². The molecule has 3 aromatic rings. The van der Waals surface area contributed by atoms with Gasteiger partial charge < -0.3 is 20.9 Å². The summed E-state index contributed by atoms with van der Waals surface area (Å²) in [5.41, 5.74) is 2.87. The van der Waals surface area contributed by atoms with Crippen LogP contribution in [0.15, 0.2) is 79.1 Å². The minimum absolute atomic E-state index is 0.221. The van der Waals surface area contributed by atoms with Crippen molar-refractivity contribution in [2.75, 3.05) is 35.2 Å². The van der Waals surface area contributed by atoms with Gasteiger partial charge in [-0.1, -0.05) is 30.3 Å². The lowest BCUT2D eigenvalue weighted by atomic mass is 9.96. The van der Waals surface area contributed by atoms with Gasteiger partial charge in [0.15, 0.2) is 0 Å². The molecule has 2 aromatic carbocycles. The molecule has 0 unspecified atom stereocenters. The van der Waals surface area contributed by atoms with Crippen molar-refractivity contribution in [3.05, 3.63) is 84.7 Å². The van der Waals surface area contributed by atoms with Gasteiger partial charge in [-0.3, -0.25) is 9.78 Å². The number of urea groups is 1. The van der Waals surface area contributed by atoms with Crippen molar-refractivity contribution in [1.82, 2.24) is 10.3 Å². The molecule has 0 atom stereocenters. The SMILES string of the molecule is O=C(NCC1CCN(c2ccncc2)CC1)Nc1ccccc1NC(=O)c1ccccc1. The van der Waals surface area contributed by atoms with Crippen molar-refractivity contribution in [2.24, 2.45) is 5.92 Å². The number of nitrogens with one attached hydrogen (secondary N) is 3. The number of pyridine rings is 1. The summed E-state index contributed by atoms with van der Waals surface area (Å²) in [6, 6.07) is 19.9. The first-order chi connectivity index (χ1) is 15.7. The molecule has 1 saturated heterocycles. The van der Waals surface area contributed by atoms with Crippen molar-refractivity contribution < 1.29 is 9.59 Å². The Hall–Kier alpha value is -3.87. The number of amides is 3. The quantitative estimate of drug-likeness (QED) is 0.543. The molecular formula is C25H27N5O2. The Morgan fingerprint density at radius 3 is 2.16 bits per heavy atom. The molecule has 2 heterocycles. The number of carbonyl (C=O) groups is 2. The lowest BCUT2D eigenvalue weighted by Gasteiger charge is -2.33. The van der Waals surface area contributed by atoms with Gasteiger partial charge in [0.1, 0.15) is 0 Å². The molecular weight excluding hydrogens is 402 g/mol. The second-order valence-electron chi connectivity index (χ2n) is 7.84. The number of carbonyl (C=O) groups excluding carboxylic acids is 2. The molecule has 164 valence electrons. The molecule has 0 saturated carbocycles. The molecule has 7 nitrogen and oxygen atoms in total. The fraction of sp³-hybridized carbons (Fsp3) is 0.240. The first kappa shape index (κ1) is 21.4. The fourth-order valence-electron chi connectivity index (χ4n) is 3.84. The Labute approximate surface area is 187 Å². The lowest BCUT2D eigenvalue weighted by molar-refractivity contribution is 0.102. The van der Waals surface area contributed by atoms with Crippen LogP contribution in [0.4, 0.5) is 21.9 Å². The van der Waals surface area contributed by atoms with Crippen LogP contribution in [0.1, 0.15) is 23.2 Å². The maximum absolute atomic E-state index is 12.5. The van der Waals surface area contributed by atoms with Crippen molar-refractivity contribution in [3.63, 3.8) is 0 Å². The molecule has 0 aliphatic carbocycles. The highest BCUT2D eigenvalue weighted by Crippen LogP contribution is 2.23. The van der Waals surface area contributed by atoms with Gasteiger partial charge >= 0.3 is 6.03 Å². The first-order valence-electron chi connectivity index (χ1n) is 10.8. The van der Waals surface area contributed by atoms with Crippen LogP contribution < -0.4 is 20.9 Å². The van der Waals surface area contributed by atoms with E-state index in [0.29, 0.717) is 29.4 Å². The number of piperidine rings is 1. The molecule has 4 rings (SSSR count). The Kier molecular flexibility index (Phi) is 6.97. The molecule has 0 spiro atoms. The van der Waals surface area contributed by atoms with E-state index in [1.54, 1.807) is 24.3 Å². The summed E-state index contributed by atoms with van der Waals surface area (Å²) in [6.07, 6.45) is 5.67. The second-order valence-corrected chi connectivity index (χ2v) is 7.84. The maximum Gasteiger partial charge on any atom is 0.319 e. The minimum atomic E-state index is -0.275. The van der Waals surface area contributed by atoms with Gasteiger partial charge in [-0.05, 0) is 55.2 Å². The predicted molar refractivity (Wildman–Crippen MR) is 127 cm³/mol. The second kappa shape index (κ2) is 10.4. The Bertz CT molecular complexity index is 1030. The van der Waals surface area contributed by atoms with Gasteiger partial charge in [-0.2, -0.15) is 0 Å². The van der Waals surface area contributed by atoms with Crippen LogP contribution in [0.2, 0.25) is 0 Å². The van der Waals surface area contributed by atoms with E-state index in [1.807, 2.05) is 54.9 Å². The Morgan fingerprint density at radius 2 is 1.47 bits per heavy atom. The Morgan fingerprint density at radius 1 is 0.844 bits per heavy atom. The van der Waals surface area contributed by atoms with E-state index in [1.165, 1.54) is 5.69 Å². The molecule has 1 aliphatic rings. The van der Waals surface area contributed by atoms with Crippen LogP contribution in [-0.2, 0) is 0 Å². The van der Waals surface area contributed by atoms with Gasteiger partial charge in [0.25, 0.3) is 5.91 Å². The zero-order valence-electron chi connectivity index (χ0n) is 17.8. The van der Waals surface area contributed by atoms with Crippen molar-refractivity contribution >= 4 is 29.0 Å². The average Bonchev–Trinajstić information content (AvgIpc) is 2.85. The predicted octanol–water partition coefficient (Wildman–Crippen LogP) is 4.37. The third-order valence-corrected chi connectivity index (χ3v) is 5.65. The summed E-state index contributed by atoms with van der Waals surface area (Å²) in [5, 5.41) is 8.70. The summed E-state index contributed by atoms with van der Waals surface area (Å²) in [5.74, 6) is 0.216. The summed E-state index contributed by atoms with van der Waals surface area (Å²) in [7, 11) is 0. The number of benzene rings is 2. The lowest BCUT2D eigenvalue weighted by Crippen LogP contribution is -2.39. The van der Waals surface area contributed by atoms with Gasteiger partial charge in [0.05, 0.1) is 11.4 Å². The van der Waals surface area contributed by atoms with Gasteiger partial charge in [0, 0.05) is 43.3 Å². The molecule has 3 N–H and O–H groups in total. The summed E-state index contributed by atoms with van der Waals surface area (Å²) >= 11 is 0. The third-order valence-electron chi connectivity index (χ3n) is 5.65. The van der Waals surface area contributed by atoms with Crippen LogP contribution in [0, 0.1) is 5.92 Å². The monoisotopic (exact) mass is 429 g/mol. The highest BCUT2D eigenvalue weighted by Gasteiger charge is 2.20. The van der Waals surface area contributed by atoms with Gasteiger partial charge in [0.2, 0.25) is 0 Å². The number of hydrogen-bond acceptors (Lipinski definition) is 4. The van der Waals surface area contributed by atoms with E-state index in [9.17, 15) is 9.59 Å². The number of aromatic nitrogens is 1. The number of anilines is 3. The van der Waals surface area contributed by atoms with Crippen molar-refractivity contribution in [1.29, 1.82) is 0 Å². The molecule has 1 aromatic heterocycles. The largest absolute Gasteiger partial charge is 0.371 e. The maximum atomic E-state index is 12.5. The van der Waals surface area contributed by atoms with E-state index < -0.39 is 0 Å². The highest BCUT2D eigenvalue weighted by atomic mass is 16.2. The number of nitrogens with zero attached hydrogens (tertiary/aromatic N) is 2. The summed E-state index contributed by atoms with van der Waals surface area (Å²) in [4.78, 5) is 31.4. The number of para-hydroxylation sites is 2. The van der Waals surface area contributed by atoms with Crippen molar-refractivity contribution in [2.45, 2.75) is 12.8 Å². The summed E-state index contributed by atoms with van der Waals surface area (Å²) in [6.45, 7) is 2.55. The first-order valence-corrected chi connectivity index (χ1v) is 10.8. The van der Waals surface area contributed by atoms with Gasteiger partial charge in [-0.25, -0.2) is 4.79 Å². The zero-order chi connectivity index (χ0) is 22.2. The molecule has 1 fully saturated rings. The molecule has 1 aliphatic heterocycles. The fourth-order valence-corrected chi connectivity index (χ4v) is 3.84. The normalized spacial score (nSPS) is 13.9. The zero-order valence-corrected chi connectivity index (χ0v) is 17.8. The van der Waals surface area contributed by atoms with Crippen LogP contribution in [-0.4, -0.2) is 36.6 Å². The average molecular weight is 430 g/mol. The molecule has 0 radical (unpaired) electrons. The van der Waals surface area contributed by atoms with E-state index in [2.05, 4.69) is 25.8 Å². The van der Waals surface area contributed by atoms with E-state index in [4.69, 9.17) is 0 Å². The van der Waals surface area contributed by atoms with Gasteiger partial charge in [-0.15, -0.1) is 0 Å². The molecule has 7 heteroatoms. The topological polar surface area (TPSA) is 86.4 Å². The molecule has 0 bridgehead atoms. The van der Waals surface area contributed by atoms with Crippen molar-refractivity contribution in [3.8, 4) is 0 Å². The van der Waals surface area contributed by atoms with E-state index in [0.717, 1.165) is 25.9 Å². The molecule has 3 amide bonds. The summed E-state index contributed by atoms with van der Waals surface area (Å²) < 4.78 is 0.